The molecule has 0 aliphatic heterocycles. The van der Waals surface area contributed by atoms with Crippen LogP contribution in [0.1, 0.15) is 68.3 Å². The number of rotatable bonds is 9. The average molecular weight is 537 g/mol. The maximum atomic E-state index is 13.2. The number of alkyl halides is 5. The maximum absolute atomic E-state index is 13.2. The summed E-state index contributed by atoms with van der Waals surface area (Å²) in [6.07, 6.45) is 0.735. The number of hydrogen-bond acceptors (Lipinski definition) is 4. The summed E-state index contributed by atoms with van der Waals surface area (Å²) in [5.41, 5.74) is -0.0226. The first-order chi connectivity index (χ1) is 16.9. The lowest BCUT2D eigenvalue weighted by Crippen LogP contribution is -2.31. The first-order valence-electron chi connectivity index (χ1n) is 12.0. The van der Waals surface area contributed by atoms with Crippen LogP contribution in [0.15, 0.2) is 12.3 Å². The fourth-order valence-corrected chi connectivity index (χ4v) is 4.61. The number of aromatic nitrogens is 3. The van der Waals surface area contributed by atoms with Gasteiger partial charge in [-0.05, 0) is 42.7 Å². The lowest BCUT2D eigenvalue weighted by Gasteiger charge is -2.26. The van der Waals surface area contributed by atoms with Gasteiger partial charge in [0.15, 0.2) is 17.3 Å². The zero-order valence-corrected chi connectivity index (χ0v) is 21.1. The summed E-state index contributed by atoms with van der Waals surface area (Å²) in [5.74, 6) is -1.57. The van der Waals surface area contributed by atoms with Crippen molar-refractivity contribution in [2.75, 3.05) is 6.54 Å². The van der Waals surface area contributed by atoms with Crippen molar-refractivity contribution in [1.82, 2.24) is 19.9 Å². The van der Waals surface area contributed by atoms with Gasteiger partial charge in [-0.3, -0.25) is 9.36 Å². The van der Waals surface area contributed by atoms with Crippen LogP contribution in [0.3, 0.4) is 0 Å². The Morgan fingerprint density at radius 1 is 1.28 bits per heavy atom. The molecule has 1 saturated carbocycles. The highest BCUT2D eigenvalue weighted by atomic mass is 35.5. The quantitative estimate of drug-likeness (QED) is 0.377. The van der Waals surface area contributed by atoms with Gasteiger partial charge in [0.05, 0.1) is 5.92 Å². The fourth-order valence-electron chi connectivity index (χ4n) is 4.30. The van der Waals surface area contributed by atoms with E-state index in [1.165, 1.54) is 4.57 Å². The van der Waals surface area contributed by atoms with Gasteiger partial charge in [0.25, 0.3) is 5.91 Å². The van der Waals surface area contributed by atoms with E-state index in [1.54, 1.807) is 6.92 Å². The third-order valence-electron chi connectivity index (χ3n) is 6.53. The Bertz CT molecular complexity index is 1050. The minimum Gasteiger partial charge on any atom is -0.431 e. The number of ether oxygens (including phenoxy) is 1. The number of pyridine rings is 1. The van der Waals surface area contributed by atoms with Crippen molar-refractivity contribution < 1.29 is 31.5 Å². The second-order valence-electron chi connectivity index (χ2n) is 9.38. The van der Waals surface area contributed by atoms with Gasteiger partial charge in [-0.15, -0.1) is 0 Å². The van der Waals surface area contributed by atoms with Gasteiger partial charge in [-0.2, -0.15) is 22.0 Å². The van der Waals surface area contributed by atoms with E-state index in [4.69, 9.17) is 11.6 Å². The first kappa shape index (κ1) is 28.1. The van der Waals surface area contributed by atoms with E-state index in [2.05, 4.69) is 26.9 Å². The molecule has 0 spiro atoms. The normalized spacial score (nSPS) is 19.4. The average Bonchev–Trinajstić information content (AvgIpc) is 3.14. The number of aryl methyl sites for hydroxylation is 1. The predicted molar refractivity (Wildman–Crippen MR) is 125 cm³/mol. The van der Waals surface area contributed by atoms with E-state index in [0.29, 0.717) is 18.4 Å². The van der Waals surface area contributed by atoms with Crippen LogP contribution in [-0.4, -0.2) is 39.8 Å². The minimum atomic E-state index is -4.45. The van der Waals surface area contributed by atoms with Crippen LogP contribution in [0, 0.1) is 17.8 Å². The van der Waals surface area contributed by atoms with Gasteiger partial charge in [-0.25, -0.2) is 9.97 Å². The molecule has 1 unspecified atom stereocenters. The van der Waals surface area contributed by atoms with Gasteiger partial charge < -0.3 is 10.1 Å². The van der Waals surface area contributed by atoms with Crippen LogP contribution < -0.4 is 10.1 Å². The third-order valence-corrected chi connectivity index (χ3v) is 6.87. The van der Waals surface area contributed by atoms with Gasteiger partial charge in [0.2, 0.25) is 0 Å². The molecule has 0 bridgehead atoms. The van der Waals surface area contributed by atoms with Crippen LogP contribution >= 0.6 is 11.6 Å². The Kier molecular flexibility index (Phi) is 9.18. The first-order valence-corrected chi connectivity index (χ1v) is 12.3. The Morgan fingerprint density at radius 2 is 1.94 bits per heavy atom. The van der Waals surface area contributed by atoms with Crippen LogP contribution in [0.4, 0.5) is 22.0 Å². The van der Waals surface area contributed by atoms with Crippen LogP contribution in [-0.2, 0) is 12.8 Å². The maximum Gasteiger partial charge on any atom is 0.391 e. The highest BCUT2D eigenvalue weighted by Crippen LogP contribution is 2.33. The summed E-state index contributed by atoms with van der Waals surface area (Å²) in [4.78, 5) is 21.2. The molecule has 1 aliphatic carbocycles. The standard InChI is InChI=1S/C24H30ClF5N4O2/c1-4-18-33-19(22(35)32-11-15-7-5-13(2)6-8-15)20(25)34(18)21-17(36-23(26)27)10-16(12-31-21)9-14(3)24(28,29)30/h10,12-15,23H,4-9,11H2,1-3H3,(H,32,35). The summed E-state index contributed by atoms with van der Waals surface area (Å²) >= 11 is 6.48. The molecule has 6 nitrogen and oxygen atoms in total. The molecular weight excluding hydrogens is 507 g/mol. The van der Waals surface area contributed by atoms with E-state index < -0.39 is 36.8 Å². The molecule has 12 heteroatoms. The summed E-state index contributed by atoms with van der Waals surface area (Å²) in [5, 5.41) is 2.71. The van der Waals surface area contributed by atoms with Crippen LogP contribution in [0.5, 0.6) is 5.75 Å². The molecule has 0 radical (unpaired) electrons. The summed E-state index contributed by atoms with van der Waals surface area (Å²) in [6, 6.07) is 1.08. The monoisotopic (exact) mass is 536 g/mol. The molecule has 2 aromatic heterocycles. The fraction of sp³-hybridized carbons (Fsp3) is 0.625. The van der Waals surface area contributed by atoms with Crippen molar-refractivity contribution in [3.8, 4) is 11.6 Å². The topological polar surface area (TPSA) is 69.0 Å². The number of carbonyl (C=O) groups is 1. The van der Waals surface area contributed by atoms with Crippen molar-refractivity contribution >= 4 is 17.5 Å². The molecule has 2 aromatic rings. The lowest BCUT2D eigenvalue weighted by molar-refractivity contribution is -0.169. The van der Waals surface area contributed by atoms with E-state index in [1.807, 2.05) is 0 Å². The molecule has 36 heavy (non-hydrogen) atoms. The van der Waals surface area contributed by atoms with E-state index in [9.17, 15) is 26.7 Å². The highest BCUT2D eigenvalue weighted by Gasteiger charge is 2.36. The zero-order valence-electron chi connectivity index (χ0n) is 20.3. The number of nitrogens with zero attached hydrogens (tertiary/aromatic N) is 3. The zero-order chi connectivity index (χ0) is 26.6. The molecule has 1 N–H and O–H groups in total. The van der Waals surface area contributed by atoms with Gasteiger partial charge in [-0.1, -0.05) is 45.2 Å². The second-order valence-corrected chi connectivity index (χ2v) is 9.74. The molecule has 1 aliphatic rings. The molecule has 3 rings (SSSR count). The lowest BCUT2D eigenvalue weighted by atomic mass is 9.83. The van der Waals surface area contributed by atoms with Crippen molar-refractivity contribution in [3.05, 3.63) is 34.5 Å². The Balaban J connectivity index is 1.89. The van der Waals surface area contributed by atoms with Crippen LogP contribution in [0.25, 0.3) is 5.82 Å². The Labute approximate surface area is 211 Å². The van der Waals surface area contributed by atoms with Crippen molar-refractivity contribution in [1.29, 1.82) is 0 Å². The summed E-state index contributed by atoms with van der Waals surface area (Å²) < 4.78 is 71.1. The highest BCUT2D eigenvalue weighted by molar-refractivity contribution is 6.32. The molecule has 0 aromatic carbocycles. The molecule has 200 valence electrons. The molecular formula is C24H30ClF5N4O2. The van der Waals surface area contributed by atoms with Gasteiger partial charge >= 0.3 is 12.8 Å². The SMILES string of the molecule is CCc1nc(C(=O)NCC2CCC(C)CC2)c(Cl)n1-c1ncc(CC(C)C(F)(F)F)cc1OC(F)F. The molecule has 0 saturated heterocycles. The number of hydrogen-bond donors (Lipinski definition) is 1. The second kappa shape index (κ2) is 11.7. The minimum absolute atomic E-state index is 0.0632. The number of halogens is 6. The van der Waals surface area contributed by atoms with E-state index >= 15 is 0 Å². The summed E-state index contributed by atoms with van der Waals surface area (Å²) in [7, 11) is 0. The van der Waals surface area contributed by atoms with Crippen molar-refractivity contribution in [2.24, 2.45) is 17.8 Å². The smallest absolute Gasteiger partial charge is 0.391 e. The number of imidazole rings is 1. The Morgan fingerprint density at radius 3 is 2.53 bits per heavy atom. The van der Waals surface area contributed by atoms with Gasteiger partial charge in [0, 0.05) is 19.2 Å². The molecule has 1 fully saturated rings. The number of amides is 1. The van der Waals surface area contributed by atoms with Crippen molar-refractivity contribution in [2.45, 2.75) is 72.1 Å². The number of carbonyl (C=O) groups excluding carboxylic acids is 1. The number of nitrogens with one attached hydrogen (secondary N) is 1. The van der Waals surface area contributed by atoms with E-state index in [0.717, 1.165) is 44.9 Å². The largest absolute Gasteiger partial charge is 0.431 e. The van der Waals surface area contributed by atoms with Gasteiger partial charge in [0.1, 0.15) is 11.0 Å². The predicted octanol–water partition coefficient (Wildman–Crippen LogP) is 6.38. The third kappa shape index (κ3) is 6.86. The van der Waals surface area contributed by atoms with Crippen LogP contribution in [0.2, 0.25) is 5.15 Å². The molecule has 1 amide bonds. The summed E-state index contributed by atoms with van der Waals surface area (Å²) in [6.45, 7) is 2.14. The Hall–Kier alpha value is -2.43. The molecule has 2 heterocycles. The van der Waals surface area contributed by atoms with E-state index in [-0.39, 0.29) is 34.5 Å². The molecule has 1 atom stereocenters. The van der Waals surface area contributed by atoms with Crippen molar-refractivity contribution in [3.63, 3.8) is 0 Å².